The van der Waals surface area contributed by atoms with Gasteiger partial charge < -0.3 is 15.1 Å². The lowest BCUT2D eigenvalue weighted by molar-refractivity contribution is 0.148. The van der Waals surface area contributed by atoms with Gasteiger partial charge in [-0.05, 0) is 37.6 Å². The molecule has 0 bridgehead atoms. The third-order valence-electron chi connectivity index (χ3n) is 4.56. The Morgan fingerprint density at radius 3 is 2.63 bits per heavy atom. The first kappa shape index (κ1) is 13.1. The number of hydrogen-bond donors (Lipinski definition) is 1. The van der Waals surface area contributed by atoms with Crippen molar-refractivity contribution in [1.29, 1.82) is 0 Å². The van der Waals surface area contributed by atoms with E-state index < -0.39 is 0 Å². The predicted octanol–water partition coefficient (Wildman–Crippen LogP) is 1.34. The van der Waals surface area contributed by atoms with Crippen molar-refractivity contribution in [2.45, 2.75) is 25.4 Å². The Labute approximate surface area is 116 Å². The SMILES string of the molecule is CN1CCN(CCC2Cc3ccccc3CN2)CC1. The van der Waals surface area contributed by atoms with Crippen molar-refractivity contribution in [2.75, 3.05) is 39.8 Å². The molecule has 1 saturated heterocycles. The van der Waals surface area contributed by atoms with Gasteiger partial charge in [0.25, 0.3) is 0 Å². The van der Waals surface area contributed by atoms with Crippen LogP contribution in [0.2, 0.25) is 0 Å². The third kappa shape index (κ3) is 3.35. The Bertz CT molecular complexity index is 410. The zero-order chi connectivity index (χ0) is 13.1. The Morgan fingerprint density at radius 2 is 1.84 bits per heavy atom. The molecule has 1 unspecified atom stereocenters. The molecule has 1 fully saturated rings. The van der Waals surface area contributed by atoms with Crippen molar-refractivity contribution in [2.24, 2.45) is 0 Å². The number of benzene rings is 1. The van der Waals surface area contributed by atoms with Gasteiger partial charge in [-0.1, -0.05) is 24.3 Å². The highest BCUT2D eigenvalue weighted by molar-refractivity contribution is 5.29. The molecule has 3 rings (SSSR count). The number of nitrogens with one attached hydrogen (secondary N) is 1. The molecule has 1 aromatic carbocycles. The second kappa shape index (κ2) is 6.04. The number of piperazine rings is 1. The number of rotatable bonds is 3. The van der Waals surface area contributed by atoms with Gasteiger partial charge in [0.1, 0.15) is 0 Å². The van der Waals surface area contributed by atoms with Crippen molar-refractivity contribution in [1.82, 2.24) is 15.1 Å². The van der Waals surface area contributed by atoms with E-state index in [0.29, 0.717) is 6.04 Å². The molecule has 0 saturated carbocycles. The smallest absolute Gasteiger partial charge is 0.0210 e. The second-order valence-corrected chi connectivity index (χ2v) is 5.98. The third-order valence-corrected chi connectivity index (χ3v) is 4.56. The van der Waals surface area contributed by atoms with Crippen LogP contribution in [0.25, 0.3) is 0 Å². The lowest BCUT2D eigenvalue weighted by Crippen LogP contribution is -2.46. The summed E-state index contributed by atoms with van der Waals surface area (Å²) < 4.78 is 0. The quantitative estimate of drug-likeness (QED) is 0.884. The Morgan fingerprint density at radius 1 is 1.11 bits per heavy atom. The standard InChI is InChI=1S/C16H25N3/c1-18-8-10-19(11-9-18)7-6-16-12-14-4-2-3-5-15(14)13-17-16/h2-5,16-17H,6-13H2,1H3. The van der Waals surface area contributed by atoms with Crippen LogP contribution in [-0.2, 0) is 13.0 Å². The Kier molecular flexibility index (Phi) is 4.16. The van der Waals surface area contributed by atoms with Crippen LogP contribution in [0.15, 0.2) is 24.3 Å². The van der Waals surface area contributed by atoms with Crippen LogP contribution in [0, 0.1) is 0 Å². The largest absolute Gasteiger partial charge is 0.310 e. The van der Waals surface area contributed by atoms with Crippen molar-refractivity contribution in [3.8, 4) is 0 Å². The van der Waals surface area contributed by atoms with E-state index >= 15 is 0 Å². The molecule has 2 aliphatic rings. The van der Waals surface area contributed by atoms with Gasteiger partial charge in [0, 0.05) is 38.8 Å². The molecule has 2 heterocycles. The van der Waals surface area contributed by atoms with Gasteiger partial charge in [0.2, 0.25) is 0 Å². The molecule has 1 aromatic rings. The fourth-order valence-corrected chi connectivity index (χ4v) is 3.14. The minimum atomic E-state index is 0.662. The molecule has 1 atom stereocenters. The lowest BCUT2D eigenvalue weighted by atomic mass is 9.94. The Hall–Kier alpha value is -0.900. The van der Waals surface area contributed by atoms with Crippen LogP contribution in [-0.4, -0.2) is 55.6 Å². The van der Waals surface area contributed by atoms with Crippen LogP contribution >= 0.6 is 0 Å². The summed E-state index contributed by atoms with van der Waals surface area (Å²) in [4.78, 5) is 5.04. The summed E-state index contributed by atoms with van der Waals surface area (Å²) in [6.45, 7) is 7.21. The highest BCUT2D eigenvalue weighted by Gasteiger charge is 2.19. The van der Waals surface area contributed by atoms with Crippen molar-refractivity contribution in [3.63, 3.8) is 0 Å². The first-order chi connectivity index (χ1) is 9.31. The molecule has 104 valence electrons. The van der Waals surface area contributed by atoms with Gasteiger partial charge in [-0.2, -0.15) is 0 Å². The summed E-state index contributed by atoms with van der Waals surface area (Å²) in [5, 5.41) is 3.69. The van der Waals surface area contributed by atoms with Crippen molar-refractivity contribution in [3.05, 3.63) is 35.4 Å². The molecule has 0 radical (unpaired) electrons. The Balaban J connectivity index is 1.47. The zero-order valence-corrected chi connectivity index (χ0v) is 11.9. The molecule has 3 nitrogen and oxygen atoms in total. The van der Waals surface area contributed by atoms with E-state index in [-0.39, 0.29) is 0 Å². The first-order valence-corrected chi connectivity index (χ1v) is 7.52. The van der Waals surface area contributed by atoms with E-state index in [2.05, 4.69) is 46.4 Å². The highest BCUT2D eigenvalue weighted by atomic mass is 15.2. The topological polar surface area (TPSA) is 18.5 Å². The number of fused-ring (bicyclic) bond motifs is 1. The van der Waals surface area contributed by atoms with Crippen LogP contribution in [0.5, 0.6) is 0 Å². The van der Waals surface area contributed by atoms with Gasteiger partial charge in [-0.15, -0.1) is 0 Å². The molecule has 2 aliphatic heterocycles. The molecule has 0 aliphatic carbocycles. The molecule has 1 N–H and O–H groups in total. The van der Waals surface area contributed by atoms with Gasteiger partial charge in [0.15, 0.2) is 0 Å². The summed E-state index contributed by atoms with van der Waals surface area (Å²) in [6, 6.07) is 9.51. The molecule has 3 heteroatoms. The van der Waals surface area contributed by atoms with E-state index in [1.807, 2.05) is 0 Å². The van der Waals surface area contributed by atoms with E-state index in [1.54, 1.807) is 5.56 Å². The molecule has 0 spiro atoms. The maximum atomic E-state index is 3.69. The molecular formula is C16H25N3. The number of nitrogens with zero attached hydrogens (tertiary/aromatic N) is 2. The van der Waals surface area contributed by atoms with Gasteiger partial charge in [0.05, 0.1) is 0 Å². The molecular weight excluding hydrogens is 234 g/mol. The highest BCUT2D eigenvalue weighted by Crippen LogP contribution is 2.18. The van der Waals surface area contributed by atoms with Crippen LogP contribution < -0.4 is 5.32 Å². The maximum absolute atomic E-state index is 3.69. The fraction of sp³-hybridized carbons (Fsp3) is 0.625. The lowest BCUT2D eigenvalue weighted by Gasteiger charge is -2.34. The summed E-state index contributed by atoms with van der Waals surface area (Å²) in [5.74, 6) is 0. The fourth-order valence-electron chi connectivity index (χ4n) is 3.14. The average molecular weight is 259 g/mol. The molecule has 0 amide bonds. The zero-order valence-electron chi connectivity index (χ0n) is 11.9. The molecule has 19 heavy (non-hydrogen) atoms. The first-order valence-electron chi connectivity index (χ1n) is 7.52. The van der Waals surface area contributed by atoms with Crippen molar-refractivity contribution >= 4 is 0 Å². The number of likely N-dealkylation sites (N-methyl/N-ethyl adjacent to an activating group) is 1. The van der Waals surface area contributed by atoms with E-state index in [9.17, 15) is 0 Å². The van der Waals surface area contributed by atoms with Crippen molar-refractivity contribution < 1.29 is 0 Å². The van der Waals surface area contributed by atoms with E-state index in [0.717, 1.165) is 6.54 Å². The minimum absolute atomic E-state index is 0.662. The monoisotopic (exact) mass is 259 g/mol. The van der Waals surface area contributed by atoms with Gasteiger partial charge in [-0.25, -0.2) is 0 Å². The van der Waals surface area contributed by atoms with Gasteiger partial charge >= 0.3 is 0 Å². The minimum Gasteiger partial charge on any atom is -0.310 e. The normalized spacial score (nSPS) is 25.2. The summed E-state index contributed by atoms with van der Waals surface area (Å²) >= 11 is 0. The van der Waals surface area contributed by atoms with E-state index in [4.69, 9.17) is 0 Å². The summed E-state index contributed by atoms with van der Waals surface area (Å²) in [6.07, 6.45) is 2.47. The second-order valence-electron chi connectivity index (χ2n) is 5.98. The van der Waals surface area contributed by atoms with Gasteiger partial charge in [-0.3, -0.25) is 0 Å². The maximum Gasteiger partial charge on any atom is 0.0210 e. The van der Waals surface area contributed by atoms with Crippen LogP contribution in [0.1, 0.15) is 17.5 Å². The molecule has 0 aromatic heterocycles. The summed E-state index contributed by atoms with van der Waals surface area (Å²) in [7, 11) is 2.22. The van der Waals surface area contributed by atoms with Crippen LogP contribution in [0.4, 0.5) is 0 Å². The predicted molar refractivity (Wildman–Crippen MR) is 79.3 cm³/mol. The van der Waals surface area contributed by atoms with Crippen LogP contribution in [0.3, 0.4) is 0 Å². The summed E-state index contributed by atoms with van der Waals surface area (Å²) in [5.41, 5.74) is 3.03. The number of hydrogen-bond acceptors (Lipinski definition) is 3. The van der Waals surface area contributed by atoms with E-state index in [1.165, 1.54) is 51.1 Å². The average Bonchev–Trinajstić information content (AvgIpc) is 2.46.